The van der Waals surface area contributed by atoms with Gasteiger partial charge in [-0.1, -0.05) is 25.1 Å². The zero-order valence-electron chi connectivity index (χ0n) is 13.6. The molecule has 0 aliphatic carbocycles. The Labute approximate surface area is 128 Å². The second-order valence-corrected chi connectivity index (χ2v) is 5.88. The highest BCUT2D eigenvalue weighted by Gasteiger charge is 2.08. The van der Waals surface area contributed by atoms with E-state index in [0.29, 0.717) is 0 Å². The topological polar surface area (TPSA) is 29.3 Å². The third-order valence-corrected chi connectivity index (χ3v) is 4.11. The highest BCUT2D eigenvalue weighted by molar-refractivity contribution is 5.64. The standard InChI is InChI=1S/C19H26N2/c1-5-17(20)13-16-9-10-19(12-15(16)3)21(4)18-8-6-7-14(2)11-18/h6-12,17H,5,13,20H2,1-4H3. The van der Waals surface area contributed by atoms with Crippen molar-refractivity contribution in [1.82, 2.24) is 0 Å². The quantitative estimate of drug-likeness (QED) is 0.883. The number of nitrogens with two attached hydrogens (primary N) is 1. The molecule has 2 heteroatoms. The van der Waals surface area contributed by atoms with Gasteiger partial charge >= 0.3 is 0 Å². The average molecular weight is 282 g/mol. The summed E-state index contributed by atoms with van der Waals surface area (Å²) in [4.78, 5) is 2.23. The van der Waals surface area contributed by atoms with Gasteiger partial charge in [-0.25, -0.2) is 0 Å². The van der Waals surface area contributed by atoms with Crippen LogP contribution in [0.5, 0.6) is 0 Å². The van der Waals surface area contributed by atoms with Crippen LogP contribution in [0.2, 0.25) is 0 Å². The van der Waals surface area contributed by atoms with Crippen LogP contribution in [-0.4, -0.2) is 13.1 Å². The second kappa shape index (κ2) is 6.77. The molecule has 21 heavy (non-hydrogen) atoms. The summed E-state index contributed by atoms with van der Waals surface area (Å²) in [6, 6.07) is 15.5. The van der Waals surface area contributed by atoms with Gasteiger partial charge in [-0.2, -0.15) is 0 Å². The molecule has 0 bridgehead atoms. The molecule has 0 saturated carbocycles. The van der Waals surface area contributed by atoms with Gasteiger partial charge in [0.2, 0.25) is 0 Å². The Balaban J connectivity index is 2.23. The zero-order valence-corrected chi connectivity index (χ0v) is 13.6. The van der Waals surface area contributed by atoms with Crippen molar-refractivity contribution in [2.75, 3.05) is 11.9 Å². The predicted octanol–water partition coefficient (Wildman–Crippen LogP) is 4.35. The smallest absolute Gasteiger partial charge is 0.0410 e. The van der Waals surface area contributed by atoms with Crippen LogP contribution < -0.4 is 10.6 Å². The minimum Gasteiger partial charge on any atom is -0.345 e. The van der Waals surface area contributed by atoms with Gasteiger partial charge in [-0.15, -0.1) is 0 Å². The Bertz CT molecular complexity index is 604. The van der Waals surface area contributed by atoms with Crippen molar-refractivity contribution in [2.24, 2.45) is 5.73 Å². The van der Waals surface area contributed by atoms with Crippen molar-refractivity contribution in [1.29, 1.82) is 0 Å². The summed E-state index contributed by atoms with van der Waals surface area (Å²) >= 11 is 0. The van der Waals surface area contributed by atoms with Crippen molar-refractivity contribution < 1.29 is 0 Å². The van der Waals surface area contributed by atoms with Gasteiger partial charge in [0.15, 0.2) is 0 Å². The first-order valence-corrected chi connectivity index (χ1v) is 7.66. The molecule has 112 valence electrons. The minimum absolute atomic E-state index is 0.254. The predicted molar refractivity (Wildman–Crippen MR) is 92.4 cm³/mol. The average Bonchev–Trinajstić information content (AvgIpc) is 2.48. The fourth-order valence-electron chi connectivity index (χ4n) is 2.53. The Morgan fingerprint density at radius 2 is 1.76 bits per heavy atom. The summed E-state index contributed by atoms with van der Waals surface area (Å²) < 4.78 is 0. The van der Waals surface area contributed by atoms with E-state index in [1.807, 2.05) is 0 Å². The van der Waals surface area contributed by atoms with E-state index in [2.05, 4.69) is 75.2 Å². The number of anilines is 2. The van der Waals surface area contributed by atoms with Crippen molar-refractivity contribution in [3.63, 3.8) is 0 Å². The molecule has 0 fully saturated rings. The van der Waals surface area contributed by atoms with Gasteiger partial charge in [0.1, 0.15) is 0 Å². The van der Waals surface area contributed by atoms with E-state index in [0.717, 1.165) is 12.8 Å². The number of nitrogens with zero attached hydrogens (tertiary/aromatic N) is 1. The maximum absolute atomic E-state index is 6.07. The fourth-order valence-corrected chi connectivity index (χ4v) is 2.53. The van der Waals surface area contributed by atoms with E-state index < -0.39 is 0 Å². The first kappa shape index (κ1) is 15.6. The fraction of sp³-hybridized carbons (Fsp3) is 0.368. The first-order chi connectivity index (χ1) is 10.0. The highest BCUT2D eigenvalue weighted by atomic mass is 15.1. The largest absolute Gasteiger partial charge is 0.345 e. The van der Waals surface area contributed by atoms with Crippen LogP contribution in [0.25, 0.3) is 0 Å². The Hall–Kier alpha value is -1.80. The maximum atomic E-state index is 6.07. The summed E-state index contributed by atoms with van der Waals surface area (Å²) in [6.45, 7) is 6.43. The van der Waals surface area contributed by atoms with Crippen molar-refractivity contribution in [3.8, 4) is 0 Å². The molecule has 1 unspecified atom stereocenters. The lowest BCUT2D eigenvalue weighted by atomic mass is 9.99. The second-order valence-electron chi connectivity index (χ2n) is 5.88. The van der Waals surface area contributed by atoms with Crippen molar-refractivity contribution in [2.45, 2.75) is 39.7 Å². The van der Waals surface area contributed by atoms with Crippen LogP contribution in [0.1, 0.15) is 30.0 Å². The number of rotatable bonds is 5. The van der Waals surface area contributed by atoms with E-state index in [9.17, 15) is 0 Å². The summed E-state index contributed by atoms with van der Waals surface area (Å²) in [5.74, 6) is 0. The molecule has 1 atom stereocenters. The third-order valence-electron chi connectivity index (χ3n) is 4.11. The molecule has 2 rings (SSSR count). The van der Waals surface area contributed by atoms with E-state index >= 15 is 0 Å². The van der Waals surface area contributed by atoms with Crippen LogP contribution in [-0.2, 0) is 6.42 Å². The molecular formula is C19H26N2. The van der Waals surface area contributed by atoms with Crippen LogP contribution in [0.15, 0.2) is 42.5 Å². The van der Waals surface area contributed by atoms with E-state index in [-0.39, 0.29) is 6.04 Å². The summed E-state index contributed by atoms with van der Waals surface area (Å²) in [6.07, 6.45) is 1.97. The van der Waals surface area contributed by atoms with Gasteiger partial charge in [0.05, 0.1) is 0 Å². The molecule has 0 amide bonds. The van der Waals surface area contributed by atoms with Crippen LogP contribution in [0, 0.1) is 13.8 Å². The molecule has 0 spiro atoms. The van der Waals surface area contributed by atoms with E-state index in [4.69, 9.17) is 5.73 Å². The van der Waals surface area contributed by atoms with Crippen LogP contribution in [0.4, 0.5) is 11.4 Å². The first-order valence-electron chi connectivity index (χ1n) is 7.66. The van der Waals surface area contributed by atoms with E-state index in [1.165, 1.54) is 28.1 Å². The summed E-state index contributed by atoms with van der Waals surface area (Å²) in [7, 11) is 2.11. The number of benzene rings is 2. The molecule has 0 aromatic heterocycles. The SMILES string of the molecule is CCC(N)Cc1ccc(N(C)c2cccc(C)c2)cc1C. The molecule has 2 aromatic rings. The molecule has 2 nitrogen and oxygen atoms in total. The Morgan fingerprint density at radius 3 is 2.38 bits per heavy atom. The third kappa shape index (κ3) is 3.85. The van der Waals surface area contributed by atoms with E-state index in [1.54, 1.807) is 0 Å². The number of hydrogen-bond acceptors (Lipinski definition) is 2. The van der Waals surface area contributed by atoms with Gasteiger partial charge in [-0.05, 0) is 67.6 Å². The maximum Gasteiger partial charge on any atom is 0.0410 e. The normalized spacial score (nSPS) is 12.2. The molecule has 2 aromatic carbocycles. The molecule has 0 radical (unpaired) electrons. The van der Waals surface area contributed by atoms with Gasteiger partial charge in [0.25, 0.3) is 0 Å². The number of hydrogen-bond donors (Lipinski definition) is 1. The lowest BCUT2D eigenvalue weighted by Gasteiger charge is -2.22. The molecule has 0 aliphatic heterocycles. The lowest BCUT2D eigenvalue weighted by molar-refractivity contribution is 0.644. The summed E-state index contributed by atoms with van der Waals surface area (Å²) in [5.41, 5.74) is 12.4. The van der Waals surface area contributed by atoms with Crippen LogP contribution >= 0.6 is 0 Å². The highest BCUT2D eigenvalue weighted by Crippen LogP contribution is 2.26. The van der Waals surface area contributed by atoms with Gasteiger partial charge in [-0.3, -0.25) is 0 Å². The molecule has 0 saturated heterocycles. The minimum atomic E-state index is 0.254. The lowest BCUT2D eigenvalue weighted by Crippen LogP contribution is -2.22. The Kier molecular flexibility index (Phi) is 5.03. The molecular weight excluding hydrogens is 256 g/mol. The van der Waals surface area contributed by atoms with Crippen molar-refractivity contribution in [3.05, 3.63) is 59.2 Å². The van der Waals surface area contributed by atoms with Crippen molar-refractivity contribution >= 4 is 11.4 Å². The summed E-state index contributed by atoms with van der Waals surface area (Å²) in [5, 5.41) is 0. The number of aryl methyl sites for hydroxylation is 2. The Morgan fingerprint density at radius 1 is 1.05 bits per heavy atom. The molecule has 0 heterocycles. The molecule has 0 aliphatic rings. The van der Waals surface area contributed by atoms with Gasteiger partial charge in [0, 0.05) is 24.5 Å². The molecule has 2 N–H and O–H groups in total. The monoisotopic (exact) mass is 282 g/mol. The van der Waals surface area contributed by atoms with Gasteiger partial charge < -0.3 is 10.6 Å². The van der Waals surface area contributed by atoms with Crippen LogP contribution in [0.3, 0.4) is 0 Å². The zero-order chi connectivity index (χ0) is 15.4.